The van der Waals surface area contributed by atoms with Gasteiger partial charge in [0.2, 0.25) is 0 Å². The van der Waals surface area contributed by atoms with Crippen molar-refractivity contribution in [3.63, 3.8) is 0 Å². The Hall–Kier alpha value is -4.24. The Balaban J connectivity index is 1.40. The molecule has 2 aromatic heterocycles. The molecule has 0 radical (unpaired) electrons. The number of hydrogen-bond donors (Lipinski definition) is 3. The fourth-order valence-corrected chi connectivity index (χ4v) is 5.04. The van der Waals surface area contributed by atoms with Crippen molar-refractivity contribution >= 4 is 17.4 Å². The largest absolute Gasteiger partial charge is 0.484 e. The number of aromatic amines is 1. The molecule has 5 rings (SSSR count). The molecule has 0 aliphatic carbocycles. The van der Waals surface area contributed by atoms with Crippen LogP contribution in [-0.2, 0) is 17.8 Å². The highest BCUT2D eigenvalue weighted by Gasteiger charge is 2.24. The molecule has 0 atom stereocenters. The monoisotopic (exact) mass is 553 g/mol. The Kier molecular flexibility index (Phi) is 8.94. The van der Waals surface area contributed by atoms with Crippen molar-refractivity contribution in [1.29, 1.82) is 0 Å². The molecule has 0 unspecified atom stereocenters. The molecule has 9 nitrogen and oxygen atoms in total. The lowest BCUT2D eigenvalue weighted by molar-refractivity contribution is -0.123. The van der Waals surface area contributed by atoms with Crippen LogP contribution < -0.4 is 15.4 Å². The van der Waals surface area contributed by atoms with Gasteiger partial charge in [-0.1, -0.05) is 38.1 Å². The van der Waals surface area contributed by atoms with Gasteiger partial charge in [-0.2, -0.15) is 5.10 Å². The number of rotatable bonds is 11. The minimum atomic E-state index is -0.117. The van der Waals surface area contributed by atoms with Crippen molar-refractivity contribution in [2.45, 2.75) is 65.6 Å². The first-order chi connectivity index (χ1) is 19.9. The molecule has 0 saturated heterocycles. The Bertz CT molecular complexity index is 1450. The molecule has 3 N–H and O–H groups in total. The summed E-state index contributed by atoms with van der Waals surface area (Å²) in [7, 11) is 0. The zero-order valence-corrected chi connectivity index (χ0v) is 24.3. The lowest BCUT2D eigenvalue weighted by Crippen LogP contribution is -2.37. The van der Waals surface area contributed by atoms with Gasteiger partial charge in [0.05, 0.1) is 11.9 Å². The number of carbonyl (C=O) groups is 1. The second-order valence-electron chi connectivity index (χ2n) is 10.7. The quantitative estimate of drug-likeness (QED) is 0.218. The first kappa shape index (κ1) is 28.3. The number of ether oxygens (including phenoxy) is 1. The van der Waals surface area contributed by atoms with Gasteiger partial charge >= 0.3 is 0 Å². The van der Waals surface area contributed by atoms with E-state index < -0.39 is 0 Å². The van der Waals surface area contributed by atoms with Gasteiger partial charge in [-0.3, -0.25) is 14.8 Å². The third-order valence-corrected chi connectivity index (χ3v) is 7.61. The van der Waals surface area contributed by atoms with Crippen molar-refractivity contribution in [3.05, 3.63) is 72.2 Å². The maximum absolute atomic E-state index is 12.4. The lowest BCUT2D eigenvalue weighted by atomic mass is 10.0. The molecular weight excluding hydrogens is 514 g/mol. The van der Waals surface area contributed by atoms with E-state index in [1.807, 2.05) is 36.7 Å². The maximum Gasteiger partial charge on any atom is 0.258 e. The summed E-state index contributed by atoms with van der Waals surface area (Å²) in [5.74, 6) is 1.93. The van der Waals surface area contributed by atoms with E-state index in [4.69, 9.17) is 14.7 Å². The van der Waals surface area contributed by atoms with Crippen LogP contribution in [0.3, 0.4) is 0 Å². The SMILES string of the molecule is CCC(CC)NC(=O)COc1cccc(-c2nc3c(c(Nc4ccc(-c5cn[nH]c5)cc4)n2)CN(C(C)C)CC3)c1. The van der Waals surface area contributed by atoms with Gasteiger partial charge in [-0.25, -0.2) is 9.97 Å². The molecule has 1 aliphatic rings. The molecule has 0 fully saturated rings. The van der Waals surface area contributed by atoms with Gasteiger partial charge in [-0.05, 0) is 56.5 Å². The highest BCUT2D eigenvalue weighted by atomic mass is 16.5. The van der Waals surface area contributed by atoms with E-state index >= 15 is 0 Å². The summed E-state index contributed by atoms with van der Waals surface area (Å²) in [6.07, 6.45) is 6.34. The summed E-state index contributed by atoms with van der Waals surface area (Å²) in [6.45, 7) is 10.3. The average Bonchev–Trinajstić information content (AvgIpc) is 3.54. The van der Waals surface area contributed by atoms with E-state index in [2.05, 4.69) is 77.7 Å². The zero-order chi connectivity index (χ0) is 28.8. The molecule has 4 aromatic rings. The molecule has 0 bridgehead atoms. The van der Waals surface area contributed by atoms with Crippen LogP contribution >= 0.6 is 0 Å². The number of aromatic nitrogens is 4. The molecule has 3 heterocycles. The van der Waals surface area contributed by atoms with E-state index in [-0.39, 0.29) is 18.6 Å². The van der Waals surface area contributed by atoms with Crippen LogP contribution in [0.4, 0.5) is 11.5 Å². The standard InChI is InChI=1S/C32H39N7O2/c1-5-25(6-2)35-30(40)20-41-27-9-7-8-23(16-27)31-37-29-14-15-39(21(3)4)19-28(29)32(38-31)36-26-12-10-22(11-13-26)24-17-33-34-18-24/h7-13,16-18,21,25H,5-6,14-15,19-20H2,1-4H3,(H,33,34)(H,35,40)(H,36,37,38). The Labute approximate surface area is 241 Å². The van der Waals surface area contributed by atoms with Gasteiger partial charge in [0.25, 0.3) is 5.91 Å². The van der Waals surface area contributed by atoms with Crippen LogP contribution in [0.25, 0.3) is 22.5 Å². The van der Waals surface area contributed by atoms with Gasteiger partial charge in [0.15, 0.2) is 12.4 Å². The van der Waals surface area contributed by atoms with Gasteiger partial charge in [-0.15, -0.1) is 0 Å². The van der Waals surface area contributed by atoms with E-state index in [0.29, 0.717) is 17.6 Å². The maximum atomic E-state index is 12.4. The second-order valence-corrected chi connectivity index (χ2v) is 10.7. The smallest absolute Gasteiger partial charge is 0.258 e. The Morgan fingerprint density at radius 1 is 1.05 bits per heavy atom. The second kappa shape index (κ2) is 13.0. The van der Waals surface area contributed by atoms with Crippen LogP contribution in [0.5, 0.6) is 5.75 Å². The van der Waals surface area contributed by atoms with E-state index in [9.17, 15) is 4.79 Å². The summed E-state index contributed by atoms with van der Waals surface area (Å²) in [5.41, 5.74) is 6.10. The van der Waals surface area contributed by atoms with Crippen molar-refractivity contribution < 1.29 is 9.53 Å². The van der Waals surface area contributed by atoms with E-state index in [1.54, 1.807) is 0 Å². The van der Waals surface area contributed by atoms with Gasteiger partial charge < -0.3 is 15.4 Å². The minimum Gasteiger partial charge on any atom is -0.484 e. The van der Waals surface area contributed by atoms with Crippen LogP contribution in [0, 0.1) is 0 Å². The fourth-order valence-electron chi connectivity index (χ4n) is 5.04. The molecule has 0 spiro atoms. The molecule has 1 aliphatic heterocycles. The highest BCUT2D eigenvalue weighted by molar-refractivity contribution is 5.78. The number of benzene rings is 2. The van der Waals surface area contributed by atoms with Gasteiger partial charge in [0, 0.05) is 60.2 Å². The molecule has 9 heteroatoms. The number of fused-ring (bicyclic) bond motifs is 1. The number of amides is 1. The number of H-pyrrole nitrogens is 1. The minimum absolute atomic E-state index is 0.0301. The zero-order valence-electron chi connectivity index (χ0n) is 24.3. The third-order valence-electron chi connectivity index (χ3n) is 7.61. The summed E-state index contributed by atoms with van der Waals surface area (Å²) < 4.78 is 5.84. The molecule has 2 aromatic carbocycles. The molecule has 214 valence electrons. The van der Waals surface area contributed by atoms with Crippen LogP contribution in [0.1, 0.15) is 51.8 Å². The fraction of sp³-hybridized carbons (Fsp3) is 0.375. The summed E-state index contributed by atoms with van der Waals surface area (Å²) >= 11 is 0. The Morgan fingerprint density at radius 3 is 2.56 bits per heavy atom. The topological polar surface area (TPSA) is 108 Å². The summed E-state index contributed by atoms with van der Waals surface area (Å²) in [5, 5.41) is 13.5. The molecule has 41 heavy (non-hydrogen) atoms. The highest BCUT2D eigenvalue weighted by Crippen LogP contribution is 2.31. The van der Waals surface area contributed by atoms with Crippen molar-refractivity contribution in [1.82, 2.24) is 30.4 Å². The van der Waals surface area contributed by atoms with Crippen molar-refractivity contribution in [2.24, 2.45) is 0 Å². The Morgan fingerprint density at radius 2 is 1.85 bits per heavy atom. The van der Waals surface area contributed by atoms with E-state index in [1.165, 1.54) is 0 Å². The number of nitrogens with zero attached hydrogens (tertiary/aromatic N) is 4. The van der Waals surface area contributed by atoms with Crippen LogP contribution in [0.15, 0.2) is 60.9 Å². The number of nitrogens with one attached hydrogen (secondary N) is 3. The molecule has 0 saturated carbocycles. The average molecular weight is 554 g/mol. The lowest BCUT2D eigenvalue weighted by Gasteiger charge is -2.32. The number of carbonyl (C=O) groups excluding carboxylic acids is 1. The number of anilines is 2. The first-order valence-electron chi connectivity index (χ1n) is 14.5. The first-order valence-corrected chi connectivity index (χ1v) is 14.5. The van der Waals surface area contributed by atoms with Crippen LogP contribution in [-0.4, -0.2) is 56.2 Å². The molecular formula is C32H39N7O2. The number of hydrogen-bond acceptors (Lipinski definition) is 7. The molecule has 1 amide bonds. The predicted molar refractivity (Wildman–Crippen MR) is 162 cm³/mol. The van der Waals surface area contributed by atoms with Crippen LogP contribution in [0.2, 0.25) is 0 Å². The summed E-state index contributed by atoms with van der Waals surface area (Å²) in [6, 6.07) is 16.5. The van der Waals surface area contributed by atoms with E-state index in [0.717, 1.165) is 71.8 Å². The summed E-state index contributed by atoms with van der Waals surface area (Å²) in [4.78, 5) is 24.8. The normalized spacial score (nSPS) is 13.3. The van der Waals surface area contributed by atoms with Gasteiger partial charge in [0.1, 0.15) is 11.6 Å². The third kappa shape index (κ3) is 6.92. The van der Waals surface area contributed by atoms with Crippen molar-refractivity contribution in [2.75, 3.05) is 18.5 Å². The van der Waals surface area contributed by atoms with Crippen molar-refractivity contribution in [3.8, 4) is 28.3 Å². The predicted octanol–water partition coefficient (Wildman–Crippen LogP) is 5.73.